The van der Waals surface area contributed by atoms with Gasteiger partial charge in [-0.2, -0.15) is 0 Å². The van der Waals surface area contributed by atoms with Crippen LogP contribution in [0.15, 0.2) is 48.5 Å². The molecule has 4 nitrogen and oxygen atoms in total. The summed E-state index contributed by atoms with van der Waals surface area (Å²) < 4.78 is 5.57. The Labute approximate surface area is 155 Å². The number of fused-ring (bicyclic) bond motifs is 3. The third-order valence-electron chi connectivity index (χ3n) is 4.90. The van der Waals surface area contributed by atoms with E-state index in [4.69, 9.17) is 4.74 Å². The van der Waals surface area contributed by atoms with Crippen molar-refractivity contribution in [3.8, 4) is 11.1 Å². The van der Waals surface area contributed by atoms with Gasteiger partial charge in [-0.1, -0.05) is 62.4 Å². The lowest BCUT2D eigenvalue weighted by molar-refractivity contribution is 0.135. The smallest absolute Gasteiger partial charge is 0.407 e. The molecule has 0 spiro atoms. The van der Waals surface area contributed by atoms with E-state index in [2.05, 4.69) is 43.4 Å². The second kappa shape index (κ2) is 8.37. The van der Waals surface area contributed by atoms with Crippen molar-refractivity contribution in [1.29, 1.82) is 0 Å². The second-order valence-electron chi connectivity index (χ2n) is 7.31. The highest BCUT2D eigenvalue weighted by Crippen LogP contribution is 2.44. The molecule has 0 aromatic heterocycles. The van der Waals surface area contributed by atoms with Gasteiger partial charge >= 0.3 is 6.09 Å². The fraction of sp³-hybridized carbons (Fsp3) is 0.409. The molecule has 4 heteroatoms. The number of nitrogens with one attached hydrogen (secondary N) is 1. The molecule has 1 aliphatic rings. The summed E-state index contributed by atoms with van der Waals surface area (Å²) in [6, 6.07) is 16.5. The van der Waals surface area contributed by atoms with Crippen molar-refractivity contribution < 1.29 is 14.6 Å². The molecule has 26 heavy (non-hydrogen) atoms. The van der Waals surface area contributed by atoms with Crippen LogP contribution in [-0.4, -0.2) is 30.5 Å². The van der Waals surface area contributed by atoms with Crippen LogP contribution in [0, 0.1) is 5.92 Å². The number of carbonyl (C=O) groups excluding carboxylic acids is 1. The number of aliphatic hydroxyl groups excluding tert-OH is 1. The van der Waals surface area contributed by atoms with Gasteiger partial charge in [-0.3, -0.25) is 0 Å². The average molecular weight is 353 g/mol. The van der Waals surface area contributed by atoms with E-state index in [0.29, 0.717) is 18.9 Å². The van der Waals surface area contributed by atoms with Crippen LogP contribution in [0.2, 0.25) is 0 Å². The molecule has 1 amide bonds. The molecular formula is C22H27NO3. The fourth-order valence-corrected chi connectivity index (χ4v) is 3.78. The van der Waals surface area contributed by atoms with Crippen LogP contribution < -0.4 is 5.32 Å². The van der Waals surface area contributed by atoms with Gasteiger partial charge in [0.05, 0.1) is 0 Å². The summed E-state index contributed by atoms with van der Waals surface area (Å²) in [5, 5.41) is 12.1. The van der Waals surface area contributed by atoms with E-state index in [1.54, 1.807) is 0 Å². The molecule has 0 heterocycles. The minimum absolute atomic E-state index is 0.0566. The summed E-state index contributed by atoms with van der Waals surface area (Å²) >= 11 is 0. The molecule has 0 radical (unpaired) electrons. The van der Waals surface area contributed by atoms with Gasteiger partial charge in [-0.15, -0.1) is 0 Å². The van der Waals surface area contributed by atoms with Crippen molar-refractivity contribution in [3.05, 3.63) is 59.7 Å². The summed E-state index contributed by atoms with van der Waals surface area (Å²) in [5.41, 5.74) is 4.84. The van der Waals surface area contributed by atoms with Crippen molar-refractivity contribution >= 4 is 6.09 Å². The van der Waals surface area contributed by atoms with E-state index < -0.39 is 6.09 Å². The molecular weight excluding hydrogens is 326 g/mol. The second-order valence-corrected chi connectivity index (χ2v) is 7.31. The van der Waals surface area contributed by atoms with Crippen LogP contribution in [0.4, 0.5) is 4.79 Å². The Morgan fingerprint density at radius 3 is 2.19 bits per heavy atom. The van der Waals surface area contributed by atoms with Crippen LogP contribution in [0.3, 0.4) is 0 Å². The molecule has 2 aromatic carbocycles. The molecule has 0 unspecified atom stereocenters. The minimum atomic E-state index is -0.411. The first-order valence-electron chi connectivity index (χ1n) is 9.32. The topological polar surface area (TPSA) is 58.6 Å². The van der Waals surface area contributed by atoms with E-state index in [-0.39, 0.29) is 18.6 Å². The van der Waals surface area contributed by atoms with Crippen LogP contribution in [0.5, 0.6) is 0 Å². The Balaban J connectivity index is 1.67. The van der Waals surface area contributed by atoms with Crippen molar-refractivity contribution in [2.45, 2.75) is 38.6 Å². The maximum Gasteiger partial charge on any atom is 0.407 e. The first-order chi connectivity index (χ1) is 12.6. The highest BCUT2D eigenvalue weighted by atomic mass is 16.5. The van der Waals surface area contributed by atoms with Gasteiger partial charge in [0.2, 0.25) is 0 Å². The summed E-state index contributed by atoms with van der Waals surface area (Å²) in [7, 11) is 0. The standard InChI is InChI=1S/C22H27NO3/c1-15(2)13-16(11-12-24)23-22(25)26-14-21-19-9-5-3-7-17(19)18-8-4-6-10-20(18)21/h3-10,15-16,21,24H,11-14H2,1-2H3,(H,23,25)/t16-/m0/s1. The number of hydrogen-bond acceptors (Lipinski definition) is 3. The Kier molecular flexibility index (Phi) is 5.94. The van der Waals surface area contributed by atoms with E-state index in [0.717, 1.165) is 6.42 Å². The number of benzene rings is 2. The largest absolute Gasteiger partial charge is 0.449 e. The van der Waals surface area contributed by atoms with Crippen LogP contribution in [0.1, 0.15) is 43.7 Å². The van der Waals surface area contributed by atoms with Crippen molar-refractivity contribution in [2.75, 3.05) is 13.2 Å². The van der Waals surface area contributed by atoms with Gasteiger partial charge in [-0.05, 0) is 41.0 Å². The molecule has 0 aliphatic heterocycles. The summed E-state index contributed by atoms with van der Waals surface area (Å²) in [6.07, 6.45) is 0.957. The maximum atomic E-state index is 12.3. The van der Waals surface area contributed by atoms with E-state index in [1.165, 1.54) is 22.3 Å². The lowest BCUT2D eigenvalue weighted by Crippen LogP contribution is -2.37. The Morgan fingerprint density at radius 2 is 1.65 bits per heavy atom. The van der Waals surface area contributed by atoms with E-state index in [1.807, 2.05) is 24.3 Å². The highest BCUT2D eigenvalue weighted by Gasteiger charge is 2.29. The zero-order valence-electron chi connectivity index (χ0n) is 15.4. The Hall–Kier alpha value is -2.33. The number of hydrogen-bond donors (Lipinski definition) is 2. The first-order valence-corrected chi connectivity index (χ1v) is 9.32. The lowest BCUT2D eigenvalue weighted by Gasteiger charge is -2.20. The molecule has 0 bridgehead atoms. The lowest BCUT2D eigenvalue weighted by atomic mass is 9.98. The molecule has 1 aliphatic carbocycles. The molecule has 2 N–H and O–H groups in total. The number of carbonyl (C=O) groups is 1. The number of rotatable bonds is 7. The third kappa shape index (κ3) is 4.07. The average Bonchev–Trinajstić information content (AvgIpc) is 2.94. The van der Waals surface area contributed by atoms with Gasteiger partial charge in [0.1, 0.15) is 6.61 Å². The van der Waals surface area contributed by atoms with Crippen LogP contribution in [0.25, 0.3) is 11.1 Å². The van der Waals surface area contributed by atoms with E-state index >= 15 is 0 Å². The van der Waals surface area contributed by atoms with Crippen molar-refractivity contribution in [3.63, 3.8) is 0 Å². The molecule has 0 fully saturated rings. The van der Waals surface area contributed by atoms with Crippen LogP contribution in [-0.2, 0) is 4.74 Å². The molecule has 2 aromatic rings. The van der Waals surface area contributed by atoms with Gasteiger partial charge in [0.25, 0.3) is 0 Å². The zero-order chi connectivity index (χ0) is 18.5. The van der Waals surface area contributed by atoms with Gasteiger partial charge in [0.15, 0.2) is 0 Å². The number of amides is 1. The van der Waals surface area contributed by atoms with Gasteiger partial charge in [-0.25, -0.2) is 4.79 Å². The minimum Gasteiger partial charge on any atom is -0.449 e. The number of alkyl carbamates (subject to hydrolysis) is 1. The SMILES string of the molecule is CC(C)C[C@H](CCO)NC(=O)OCC1c2ccccc2-c2ccccc21. The number of aliphatic hydroxyl groups is 1. The predicted molar refractivity (Wildman–Crippen MR) is 103 cm³/mol. The quantitative estimate of drug-likeness (QED) is 0.779. The zero-order valence-corrected chi connectivity index (χ0v) is 15.4. The monoisotopic (exact) mass is 353 g/mol. The summed E-state index contributed by atoms with van der Waals surface area (Å²) in [5.74, 6) is 0.509. The Morgan fingerprint density at radius 1 is 1.08 bits per heavy atom. The van der Waals surface area contributed by atoms with Gasteiger partial charge < -0.3 is 15.2 Å². The number of ether oxygens (including phenoxy) is 1. The molecule has 0 saturated heterocycles. The fourth-order valence-electron chi connectivity index (χ4n) is 3.78. The van der Waals surface area contributed by atoms with Crippen molar-refractivity contribution in [1.82, 2.24) is 5.32 Å². The molecule has 3 rings (SSSR count). The third-order valence-corrected chi connectivity index (χ3v) is 4.90. The van der Waals surface area contributed by atoms with Gasteiger partial charge in [0, 0.05) is 18.6 Å². The maximum absolute atomic E-state index is 12.3. The molecule has 138 valence electrons. The summed E-state index contributed by atoms with van der Waals surface area (Å²) in [4.78, 5) is 12.3. The van der Waals surface area contributed by atoms with Crippen LogP contribution >= 0.6 is 0 Å². The molecule has 1 atom stereocenters. The van der Waals surface area contributed by atoms with Crippen molar-refractivity contribution in [2.24, 2.45) is 5.92 Å². The molecule has 0 saturated carbocycles. The highest BCUT2D eigenvalue weighted by molar-refractivity contribution is 5.79. The van der Waals surface area contributed by atoms with E-state index in [9.17, 15) is 9.90 Å². The summed E-state index contributed by atoms with van der Waals surface area (Å²) in [6.45, 7) is 4.57. The Bertz CT molecular complexity index is 711. The first kappa shape index (κ1) is 18.5. The predicted octanol–water partition coefficient (Wildman–Crippen LogP) is 4.32. The normalized spacial score (nSPS) is 14.0.